The third kappa shape index (κ3) is 13.8. The summed E-state index contributed by atoms with van der Waals surface area (Å²) < 4.78 is 136. The monoisotopic (exact) mass is 1490 g/mol. The van der Waals surface area contributed by atoms with Crippen LogP contribution in [0.2, 0.25) is 0 Å². The number of phosphoric acid groups is 5. The second-order valence-electron chi connectivity index (χ2n) is 22.4. The molecule has 20 atom stereocenters. The molecular weight excluding hydrogens is 1430 g/mol. The van der Waals surface area contributed by atoms with Gasteiger partial charge in [0.25, 0.3) is 30.4 Å². The summed E-state index contributed by atoms with van der Waals surface area (Å²) in [7, 11) is -27.6. The lowest BCUT2D eigenvalue weighted by atomic mass is 10.0. The first-order chi connectivity index (χ1) is 46.0. The molecule has 4 fully saturated rings. The number of nitrogens with zero attached hydrogens (tertiary/aromatic N) is 13. The van der Waals surface area contributed by atoms with E-state index in [0.29, 0.717) is 0 Å². The molecule has 49 nitrogen and oxygen atoms in total. The summed E-state index contributed by atoms with van der Waals surface area (Å²) in [5, 5.41) is 56.7. The number of aromatic amines is 3. The number of nitrogens with one attached hydrogen (secondary N) is 3. The lowest BCUT2D eigenvalue weighted by molar-refractivity contribution is -0.795. The maximum absolute atomic E-state index is 14.3. The third-order valence-electron chi connectivity index (χ3n) is 16.0. The van der Waals surface area contributed by atoms with E-state index in [4.69, 9.17) is 63.3 Å². The fourth-order valence-electron chi connectivity index (χ4n) is 11.6. The Kier molecular flexibility index (Phi) is 19.1. The van der Waals surface area contributed by atoms with Gasteiger partial charge in [0.15, 0.2) is 58.8 Å². The molecule has 0 amide bonds. The summed E-state index contributed by atoms with van der Waals surface area (Å²) in [5.74, 6) is -2.07. The van der Waals surface area contributed by atoms with Crippen molar-refractivity contribution < 1.29 is 132 Å². The largest absolute Gasteiger partial charge is 0.756 e. The van der Waals surface area contributed by atoms with Gasteiger partial charge in [0.05, 0.1) is 52.5 Å². The molecule has 0 radical (unpaired) electrons. The van der Waals surface area contributed by atoms with Crippen LogP contribution in [0.15, 0.2) is 46.0 Å². The average Bonchev–Trinajstić information content (AvgIpc) is 1.60. The molecule has 54 heteroatoms. The quantitative estimate of drug-likeness (QED) is 0.0188. The van der Waals surface area contributed by atoms with E-state index in [-0.39, 0.29) is 75.1 Å². The van der Waals surface area contributed by atoms with E-state index in [1.165, 1.54) is 24.9 Å². The lowest BCUT2D eigenvalue weighted by Gasteiger charge is -2.28. The van der Waals surface area contributed by atoms with Gasteiger partial charge in [0.1, 0.15) is 78.7 Å². The van der Waals surface area contributed by atoms with Crippen LogP contribution in [0.4, 0.5) is 17.7 Å². The number of hydrogen-bond donors (Lipinski definition) is 15. The number of aliphatic hydroxyl groups is 5. The van der Waals surface area contributed by atoms with Gasteiger partial charge >= 0.3 is 36.9 Å². The van der Waals surface area contributed by atoms with Gasteiger partial charge in [0.2, 0.25) is 17.2 Å². The van der Waals surface area contributed by atoms with Crippen LogP contribution in [-0.2, 0) is 90.3 Å². The SMILES string of the molecule is CO[C@H]1C(OP(=O)(O)OC[C@H]2O[C@@H](n3cnc4c(N)ncnc43)[C@@H](O)C2OP(=O)(O)OC[C@H]2O[C@@H](n3cnc4c(=O)[nH]c(C)nc43)[C@@H](O)C2O)[C@@H](COP(=O)(O)OP(=O)([O-])OP(=O)(O)OC[C@H]2CCC(O)([n+]3cn(C)c4c(=O)[nH]c(N)nc43)C2O)O[C@H]1n1cnc2c(=O)[nH]c(N)nc21. The molecule has 1 aliphatic carbocycles. The van der Waals surface area contributed by atoms with Crippen molar-refractivity contribution in [1.29, 1.82) is 0 Å². The first-order valence-corrected chi connectivity index (χ1v) is 35.7. The van der Waals surface area contributed by atoms with Crippen LogP contribution in [0.3, 0.4) is 0 Å². The highest BCUT2D eigenvalue weighted by atomic mass is 31.3. The fraction of sp³-hybridized carbons (Fsp3) is 0.545. The predicted molar refractivity (Wildman–Crippen MR) is 313 cm³/mol. The number of aryl methyl sites for hydroxylation is 2. The number of methoxy groups -OCH3 is 1. The Morgan fingerprint density at radius 3 is 1.80 bits per heavy atom. The van der Waals surface area contributed by atoms with Crippen molar-refractivity contribution in [3.05, 3.63) is 68.5 Å². The summed E-state index contributed by atoms with van der Waals surface area (Å²) in [4.78, 5) is 134. The van der Waals surface area contributed by atoms with Crippen molar-refractivity contribution in [2.24, 2.45) is 13.0 Å². The Morgan fingerprint density at radius 2 is 1.14 bits per heavy atom. The van der Waals surface area contributed by atoms with Crippen LogP contribution in [0, 0.1) is 12.8 Å². The zero-order valence-corrected chi connectivity index (χ0v) is 54.6. The molecule has 10 unspecified atom stereocenters. The number of aliphatic hydroxyl groups excluding tert-OH is 4. The van der Waals surface area contributed by atoms with Crippen molar-refractivity contribution in [2.75, 3.05) is 50.7 Å². The predicted octanol–water partition coefficient (Wildman–Crippen LogP) is -5.34. The molecule has 8 aromatic heterocycles. The van der Waals surface area contributed by atoms with Gasteiger partial charge in [-0.05, 0) is 13.3 Å². The van der Waals surface area contributed by atoms with Crippen LogP contribution in [0.5, 0.6) is 0 Å². The molecule has 0 bridgehead atoms. The molecule has 1 saturated carbocycles. The number of fused-ring (bicyclic) bond motifs is 4. The summed E-state index contributed by atoms with van der Waals surface area (Å²) in [5.41, 5.74) is 11.7. The van der Waals surface area contributed by atoms with Crippen molar-refractivity contribution in [3.63, 3.8) is 0 Å². The number of H-pyrrole nitrogens is 3. The standard InChI is InChI=1S/C44H58N19O30P5/c1-15-53-33-21(36(68)54-15)51-12-61(33)39-25(65)24(64)17(87-39)7-84-94(72,73)90-27-18(88-40(26(27)66)60-11-50-20-31(45)48-10-49-32(20)60)8-85-95(74,75)91-28-19(89-41(29(28)82-3)62-13-52-22-34(62)55-42(46)57-37(22)69)9-86-97(78,79)93-98(80,81)92-96(76,77)83-6-16-4-5-44(71,30(16)67)63-14-59(2)23-35(63)56-43(47)58-38(23)70/h10-14,16-19,24-30,39-41,64-67,71H,4-9H2,1-3H3,(H13-,45,46,47,48,49,53,54,55,56,57,58,68,69,70,72,73,74,75,76,77,78,79,80,81)/t16-,17-,18-,19-,24?,25+,26+,27?,28?,29+,30?,39-,40-,41-,44?/m1/s1. The van der Waals surface area contributed by atoms with Gasteiger partial charge in [-0.25, -0.2) is 61.4 Å². The summed E-state index contributed by atoms with van der Waals surface area (Å²) in [6, 6.07) is 0. The van der Waals surface area contributed by atoms with Crippen LogP contribution in [-0.4, -0.2) is 213 Å². The van der Waals surface area contributed by atoms with E-state index in [2.05, 4.69) is 63.4 Å². The highest BCUT2D eigenvalue weighted by Crippen LogP contribution is 2.66. The topological polar surface area (TPSA) is 705 Å². The smallest absolute Gasteiger partial charge is 0.478 e. The number of nitrogens with two attached hydrogens (primary N) is 3. The molecule has 0 aromatic carbocycles. The fourth-order valence-corrected chi connectivity index (χ4v) is 17.0. The number of nitrogen functional groups attached to an aromatic ring is 3. The maximum atomic E-state index is 14.3. The van der Waals surface area contributed by atoms with Gasteiger partial charge in [-0.3, -0.25) is 74.3 Å². The summed E-state index contributed by atoms with van der Waals surface area (Å²) in [6.45, 7) is -3.29. The van der Waals surface area contributed by atoms with Crippen LogP contribution in [0.25, 0.3) is 44.7 Å². The number of imidazole rings is 4. The van der Waals surface area contributed by atoms with Gasteiger partial charge in [-0.1, -0.05) is 4.98 Å². The lowest BCUT2D eigenvalue weighted by Crippen LogP contribution is -2.61. The summed E-state index contributed by atoms with van der Waals surface area (Å²) >= 11 is 0. The minimum atomic E-state index is -6.55. The second kappa shape index (κ2) is 26.3. The molecule has 534 valence electrons. The van der Waals surface area contributed by atoms with Crippen LogP contribution < -0.4 is 43.3 Å². The minimum Gasteiger partial charge on any atom is -0.756 e. The molecule has 18 N–H and O–H groups in total. The Balaban J connectivity index is 0.741. The summed E-state index contributed by atoms with van der Waals surface area (Å²) in [6.07, 6.45) is -19.4. The van der Waals surface area contributed by atoms with E-state index in [0.717, 1.165) is 50.7 Å². The van der Waals surface area contributed by atoms with Crippen LogP contribution >= 0.6 is 39.1 Å². The van der Waals surface area contributed by atoms with E-state index in [1.54, 1.807) is 0 Å². The number of aromatic nitrogens is 16. The molecule has 8 aromatic rings. The Morgan fingerprint density at radius 1 is 0.633 bits per heavy atom. The second-order valence-corrected chi connectivity index (χ2v) is 29.8. The van der Waals surface area contributed by atoms with Gasteiger partial charge in [-0.2, -0.15) is 4.98 Å². The van der Waals surface area contributed by atoms with E-state index in [9.17, 15) is 87.2 Å². The number of phosphoric ester groups is 4. The first kappa shape index (κ1) is 71.1. The minimum absolute atomic E-state index is 0.0277. The molecular formula is C44H58N19O30P5. The van der Waals surface area contributed by atoms with Crippen molar-refractivity contribution in [2.45, 2.75) is 105 Å². The zero-order valence-electron chi connectivity index (χ0n) is 50.1. The molecule has 3 saturated heterocycles. The molecule has 98 heavy (non-hydrogen) atoms. The molecule has 12 rings (SSSR count). The number of ether oxygens (including phenoxy) is 4. The normalized spacial score (nSPS) is 30.7. The van der Waals surface area contributed by atoms with Crippen molar-refractivity contribution >= 4 is 101 Å². The molecule has 0 spiro atoms. The highest BCUT2D eigenvalue weighted by Gasteiger charge is 2.56. The maximum Gasteiger partial charge on any atom is 0.478 e. The Bertz CT molecular complexity index is 4840. The van der Waals surface area contributed by atoms with Gasteiger partial charge in [-0.15, -0.1) is 0 Å². The van der Waals surface area contributed by atoms with Gasteiger partial charge < -0.3 is 91.1 Å². The molecule has 3 aliphatic heterocycles. The highest BCUT2D eigenvalue weighted by molar-refractivity contribution is 7.66. The Hall–Kier alpha value is -6.73. The van der Waals surface area contributed by atoms with Crippen LogP contribution in [0.1, 0.15) is 37.3 Å². The van der Waals surface area contributed by atoms with Crippen molar-refractivity contribution in [1.82, 2.24) is 73.1 Å². The zero-order chi connectivity index (χ0) is 70.7. The average molecular weight is 1490 g/mol. The number of hydrogen-bond acceptors (Lipinski definition) is 37. The molecule has 11 heterocycles. The van der Waals surface area contributed by atoms with Gasteiger partial charge in [0, 0.05) is 19.4 Å². The third-order valence-corrected chi connectivity index (χ3v) is 22.1. The van der Waals surface area contributed by atoms with E-state index < -0.39 is 180 Å². The number of anilines is 3. The number of rotatable bonds is 25. The molecule has 4 aliphatic rings. The van der Waals surface area contributed by atoms with Crippen molar-refractivity contribution in [3.8, 4) is 0 Å². The van der Waals surface area contributed by atoms with E-state index >= 15 is 0 Å². The Labute approximate surface area is 542 Å². The first-order valence-electron chi connectivity index (χ1n) is 28.3. The van der Waals surface area contributed by atoms with E-state index in [1.807, 2.05) is 0 Å².